The average molecular weight is 824 g/mol. The van der Waals surface area contributed by atoms with Crippen LogP contribution in [0.2, 0.25) is 0 Å². The zero-order valence-corrected chi connectivity index (χ0v) is 37.5. The highest BCUT2D eigenvalue weighted by Gasteiger charge is 2.26. The van der Waals surface area contributed by atoms with Gasteiger partial charge in [0.1, 0.15) is 6.61 Å². The Morgan fingerprint density at radius 2 is 0.930 bits per heavy atom. The summed E-state index contributed by atoms with van der Waals surface area (Å²) in [6, 6.07) is 0. The first-order valence-electron chi connectivity index (χ1n) is 23.1. The molecule has 0 aromatic rings. The smallest absolute Gasteiger partial charge is 0.462 e. The molecule has 57 heavy (non-hydrogen) atoms. The number of carbonyl (C=O) groups is 2. The number of phosphoric ester groups is 1. The molecule has 0 saturated heterocycles. The summed E-state index contributed by atoms with van der Waals surface area (Å²) in [4.78, 5) is 34.9. The van der Waals surface area contributed by atoms with Crippen molar-refractivity contribution in [3.8, 4) is 0 Å². The largest absolute Gasteiger partial charge is 0.472 e. The first-order chi connectivity index (χ1) is 27.8. The zero-order valence-electron chi connectivity index (χ0n) is 36.6. The third-order valence-corrected chi connectivity index (χ3v) is 10.7. The van der Waals surface area contributed by atoms with Crippen molar-refractivity contribution in [1.82, 2.24) is 0 Å². The van der Waals surface area contributed by atoms with Gasteiger partial charge < -0.3 is 20.1 Å². The second kappa shape index (κ2) is 43.5. The molecule has 10 heteroatoms. The summed E-state index contributed by atoms with van der Waals surface area (Å²) in [6.45, 7) is 3.66. The maximum absolute atomic E-state index is 12.6. The number of carbonyl (C=O) groups excluding carboxylic acids is 2. The number of allylic oxidation sites excluding steroid dienone is 8. The number of rotatable bonds is 43. The third-order valence-electron chi connectivity index (χ3n) is 9.72. The summed E-state index contributed by atoms with van der Waals surface area (Å²) in [5.74, 6) is -0.889. The summed E-state index contributed by atoms with van der Waals surface area (Å²) in [7, 11) is -4.39. The van der Waals surface area contributed by atoms with E-state index in [2.05, 4.69) is 56.4 Å². The minimum Gasteiger partial charge on any atom is -0.462 e. The van der Waals surface area contributed by atoms with Gasteiger partial charge in [0.15, 0.2) is 6.10 Å². The van der Waals surface area contributed by atoms with Gasteiger partial charge in [0.05, 0.1) is 13.2 Å². The Labute approximate surface area is 349 Å². The Morgan fingerprint density at radius 3 is 1.40 bits per heavy atom. The van der Waals surface area contributed by atoms with E-state index in [4.69, 9.17) is 24.3 Å². The van der Waals surface area contributed by atoms with Gasteiger partial charge in [-0.15, -0.1) is 0 Å². The van der Waals surface area contributed by atoms with Crippen LogP contribution in [0.3, 0.4) is 0 Å². The molecule has 0 bridgehead atoms. The molecule has 0 spiro atoms. The van der Waals surface area contributed by atoms with Crippen molar-refractivity contribution in [3.05, 3.63) is 48.6 Å². The summed E-state index contributed by atoms with van der Waals surface area (Å²) < 4.78 is 32.8. The summed E-state index contributed by atoms with van der Waals surface area (Å²) in [5.41, 5.74) is 5.35. The van der Waals surface area contributed by atoms with Crippen molar-refractivity contribution >= 4 is 19.8 Å². The Hall–Kier alpha value is -2.03. The highest BCUT2D eigenvalue weighted by molar-refractivity contribution is 7.47. The molecular formula is C47H86NO8P. The maximum atomic E-state index is 12.6. The summed E-state index contributed by atoms with van der Waals surface area (Å²) in [5, 5.41) is 0. The van der Waals surface area contributed by atoms with E-state index in [-0.39, 0.29) is 32.6 Å². The predicted molar refractivity (Wildman–Crippen MR) is 238 cm³/mol. The van der Waals surface area contributed by atoms with Crippen LogP contribution in [0, 0.1) is 0 Å². The molecule has 3 N–H and O–H groups in total. The molecule has 0 aliphatic heterocycles. The highest BCUT2D eigenvalue weighted by atomic mass is 31.2. The van der Waals surface area contributed by atoms with Crippen LogP contribution < -0.4 is 5.73 Å². The number of hydrogen-bond acceptors (Lipinski definition) is 8. The number of hydrogen-bond donors (Lipinski definition) is 2. The van der Waals surface area contributed by atoms with Gasteiger partial charge in [-0.1, -0.05) is 191 Å². The predicted octanol–water partition coefficient (Wildman–Crippen LogP) is 13.5. The van der Waals surface area contributed by atoms with Gasteiger partial charge >= 0.3 is 19.8 Å². The molecule has 0 fully saturated rings. The van der Waals surface area contributed by atoms with Crippen LogP contribution in [-0.4, -0.2) is 49.3 Å². The van der Waals surface area contributed by atoms with Crippen molar-refractivity contribution in [2.24, 2.45) is 5.73 Å². The Morgan fingerprint density at radius 1 is 0.526 bits per heavy atom. The molecule has 0 radical (unpaired) electrons. The zero-order chi connectivity index (χ0) is 41.8. The van der Waals surface area contributed by atoms with Gasteiger partial charge in [0.2, 0.25) is 0 Å². The van der Waals surface area contributed by atoms with E-state index in [1.807, 2.05) is 6.08 Å². The van der Waals surface area contributed by atoms with E-state index in [9.17, 15) is 19.0 Å². The second-order valence-corrected chi connectivity index (χ2v) is 16.7. The van der Waals surface area contributed by atoms with Crippen LogP contribution >= 0.6 is 7.82 Å². The quantitative estimate of drug-likeness (QED) is 0.0267. The first-order valence-corrected chi connectivity index (χ1v) is 24.6. The number of nitrogens with two attached hydrogens (primary N) is 1. The van der Waals surface area contributed by atoms with Crippen molar-refractivity contribution in [2.45, 2.75) is 213 Å². The molecule has 1 unspecified atom stereocenters. The maximum Gasteiger partial charge on any atom is 0.472 e. The van der Waals surface area contributed by atoms with Gasteiger partial charge in [-0.05, 0) is 51.4 Å². The number of phosphoric acid groups is 1. The van der Waals surface area contributed by atoms with Crippen LogP contribution in [0.1, 0.15) is 206 Å². The van der Waals surface area contributed by atoms with Gasteiger partial charge in [-0.3, -0.25) is 18.6 Å². The molecule has 9 nitrogen and oxygen atoms in total. The van der Waals surface area contributed by atoms with E-state index < -0.39 is 32.5 Å². The Bertz CT molecular complexity index is 1080. The van der Waals surface area contributed by atoms with Gasteiger partial charge in [0, 0.05) is 19.4 Å². The van der Waals surface area contributed by atoms with E-state index in [0.717, 1.165) is 38.5 Å². The lowest BCUT2D eigenvalue weighted by Crippen LogP contribution is -2.29. The van der Waals surface area contributed by atoms with Crippen LogP contribution in [-0.2, 0) is 32.7 Å². The monoisotopic (exact) mass is 824 g/mol. The standard InChI is InChI=1S/C47H86NO8P/c1-3-5-7-9-11-13-15-17-19-21-22-24-25-27-29-31-33-35-37-39-46(49)53-43-45(44-55-57(51,52)54-42-41-48)56-47(50)40-38-36-34-32-30-28-26-23-20-18-16-14-12-10-8-6-4-2/h12,14,18,20,26,28,32,34,45H,3-11,13,15-17,19,21-25,27,29-31,33,35-44,48H2,1-2H3,(H,51,52)/t45-/m1/s1. The lowest BCUT2D eigenvalue weighted by Gasteiger charge is -2.19. The van der Waals surface area contributed by atoms with Gasteiger partial charge in [-0.25, -0.2) is 4.57 Å². The molecule has 2 atom stereocenters. The van der Waals surface area contributed by atoms with E-state index >= 15 is 0 Å². The Balaban J connectivity index is 4.17. The van der Waals surface area contributed by atoms with Gasteiger partial charge in [0.25, 0.3) is 0 Å². The lowest BCUT2D eigenvalue weighted by molar-refractivity contribution is -0.161. The molecule has 0 amide bonds. The SMILES string of the molecule is CCCCCC=CCC=CCC=CCC=CCCCC(=O)O[C@H](COC(=O)CCCCCCCCCCCCCCCCCCCCC)COP(=O)(O)OCCN. The minimum atomic E-state index is -4.39. The average Bonchev–Trinajstić information content (AvgIpc) is 3.20. The van der Waals surface area contributed by atoms with E-state index in [1.165, 1.54) is 128 Å². The van der Waals surface area contributed by atoms with Crippen molar-refractivity contribution < 1.29 is 37.6 Å². The topological polar surface area (TPSA) is 134 Å². The number of ether oxygens (including phenoxy) is 2. The third kappa shape index (κ3) is 43.4. The van der Waals surface area contributed by atoms with Gasteiger partial charge in [-0.2, -0.15) is 0 Å². The molecule has 0 aliphatic rings. The molecule has 0 aromatic carbocycles. The van der Waals surface area contributed by atoms with Crippen LogP contribution in [0.15, 0.2) is 48.6 Å². The Kier molecular flexibility index (Phi) is 42.0. The highest BCUT2D eigenvalue weighted by Crippen LogP contribution is 2.43. The molecule has 0 aliphatic carbocycles. The normalized spacial score (nSPS) is 13.7. The van der Waals surface area contributed by atoms with E-state index in [0.29, 0.717) is 12.8 Å². The van der Waals surface area contributed by atoms with Crippen LogP contribution in [0.5, 0.6) is 0 Å². The minimum absolute atomic E-state index is 0.0445. The molecule has 332 valence electrons. The fraction of sp³-hybridized carbons (Fsp3) is 0.787. The fourth-order valence-corrected chi connectivity index (χ4v) is 7.04. The number of unbranched alkanes of at least 4 members (excludes halogenated alkanes) is 22. The molecule has 0 heterocycles. The first kappa shape index (κ1) is 55.0. The molecule has 0 saturated carbocycles. The fourth-order valence-electron chi connectivity index (χ4n) is 6.27. The summed E-state index contributed by atoms with van der Waals surface area (Å²) in [6.07, 6.45) is 50.1. The molecule has 0 aromatic heterocycles. The summed E-state index contributed by atoms with van der Waals surface area (Å²) >= 11 is 0. The van der Waals surface area contributed by atoms with Crippen molar-refractivity contribution in [1.29, 1.82) is 0 Å². The van der Waals surface area contributed by atoms with Crippen molar-refractivity contribution in [2.75, 3.05) is 26.4 Å². The van der Waals surface area contributed by atoms with Crippen molar-refractivity contribution in [3.63, 3.8) is 0 Å². The lowest BCUT2D eigenvalue weighted by atomic mass is 10.0. The van der Waals surface area contributed by atoms with E-state index in [1.54, 1.807) is 0 Å². The second-order valence-electron chi connectivity index (χ2n) is 15.3. The number of esters is 2. The van der Waals surface area contributed by atoms with Crippen LogP contribution in [0.25, 0.3) is 0 Å². The molecule has 0 rings (SSSR count). The molecular weight excluding hydrogens is 737 g/mol. The van der Waals surface area contributed by atoms with Crippen LogP contribution in [0.4, 0.5) is 0 Å².